The molecule has 2 rings (SSSR count). The molecule has 0 aromatic rings. The fourth-order valence-corrected chi connectivity index (χ4v) is 4.32. The minimum Gasteiger partial charge on any atom is -0.353 e. The van der Waals surface area contributed by atoms with E-state index in [2.05, 4.69) is 10.3 Å². The largest absolute Gasteiger partial charge is 0.353 e. The van der Waals surface area contributed by atoms with E-state index in [9.17, 15) is 9.59 Å². The van der Waals surface area contributed by atoms with Crippen LogP contribution in [0, 0.1) is 0 Å². The lowest BCUT2D eigenvalue weighted by molar-refractivity contribution is -0.130. The van der Waals surface area contributed by atoms with Gasteiger partial charge in [-0.2, -0.15) is 0 Å². The highest BCUT2D eigenvalue weighted by Crippen LogP contribution is 2.31. The standard InChI is InChI=1S/C16H27N3O2S/c1-10(2)17-16-19(11(3)4)15(21)13(22-16)9-14(20)18-12-7-5-6-8-12/h10-13H,5-9H2,1-4H3,(H,18,20). The molecule has 5 nitrogen and oxygen atoms in total. The quantitative estimate of drug-likeness (QED) is 0.845. The van der Waals surface area contributed by atoms with Gasteiger partial charge in [0, 0.05) is 24.5 Å². The third-order valence-corrected chi connectivity index (χ3v) is 5.11. The van der Waals surface area contributed by atoms with Crippen molar-refractivity contribution >= 4 is 28.7 Å². The molecule has 0 aromatic carbocycles. The Bertz CT molecular complexity index is 456. The summed E-state index contributed by atoms with van der Waals surface area (Å²) in [4.78, 5) is 31.0. The summed E-state index contributed by atoms with van der Waals surface area (Å²) in [5.41, 5.74) is 0. The van der Waals surface area contributed by atoms with E-state index in [4.69, 9.17) is 0 Å². The molecule has 1 aliphatic carbocycles. The smallest absolute Gasteiger partial charge is 0.242 e. The molecule has 1 N–H and O–H groups in total. The molecule has 1 aliphatic heterocycles. The zero-order chi connectivity index (χ0) is 16.3. The molecule has 0 aromatic heterocycles. The number of carbonyl (C=O) groups excluding carboxylic acids is 2. The van der Waals surface area contributed by atoms with Crippen molar-refractivity contribution in [1.82, 2.24) is 10.2 Å². The molecule has 22 heavy (non-hydrogen) atoms. The zero-order valence-electron chi connectivity index (χ0n) is 14.0. The fourth-order valence-electron chi connectivity index (χ4n) is 2.93. The van der Waals surface area contributed by atoms with Gasteiger partial charge in [0.15, 0.2) is 5.17 Å². The van der Waals surface area contributed by atoms with Gasteiger partial charge < -0.3 is 5.32 Å². The van der Waals surface area contributed by atoms with Crippen LogP contribution in [0.25, 0.3) is 0 Å². The van der Waals surface area contributed by atoms with Crippen molar-refractivity contribution in [2.24, 2.45) is 4.99 Å². The molecule has 1 atom stereocenters. The summed E-state index contributed by atoms with van der Waals surface area (Å²) in [5.74, 6) is 0.00762. The average molecular weight is 325 g/mol. The van der Waals surface area contributed by atoms with Gasteiger partial charge in [0.05, 0.1) is 0 Å². The van der Waals surface area contributed by atoms with Crippen molar-refractivity contribution in [2.45, 2.75) is 83.2 Å². The molecule has 0 spiro atoms. The molecule has 124 valence electrons. The van der Waals surface area contributed by atoms with Crippen molar-refractivity contribution < 1.29 is 9.59 Å². The molecule has 1 saturated carbocycles. The Morgan fingerprint density at radius 2 is 1.95 bits per heavy atom. The van der Waals surface area contributed by atoms with Crippen LogP contribution < -0.4 is 5.32 Å². The Kier molecular flexibility index (Phi) is 5.89. The highest BCUT2D eigenvalue weighted by molar-refractivity contribution is 8.15. The molecular weight excluding hydrogens is 298 g/mol. The zero-order valence-corrected chi connectivity index (χ0v) is 14.8. The Labute approximate surface area is 137 Å². The van der Waals surface area contributed by atoms with Gasteiger partial charge in [0.1, 0.15) is 5.25 Å². The molecule has 1 unspecified atom stereocenters. The molecule has 6 heteroatoms. The first-order valence-corrected chi connectivity index (χ1v) is 9.13. The van der Waals surface area contributed by atoms with Gasteiger partial charge in [-0.15, -0.1) is 0 Å². The lowest BCUT2D eigenvalue weighted by Crippen LogP contribution is -2.40. The predicted molar refractivity (Wildman–Crippen MR) is 90.9 cm³/mol. The van der Waals surface area contributed by atoms with Gasteiger partial charge >= 0.3 is 0 Å². The summed E-state index contributed by atoms with van der Waals surface area (Å²) in [5, 5.41) is 3.49. The third-order valence-electron chi connectivity index (χ3n) is 3.94. The first-order chi connectivity index (χ1) is 10.4. The van der Waals surface area contributed by atoms with E-state index in [1.54, 1.807) is 4.90 Å². The molecule has 2 aliphatic rings. The Hall–Kier alpha value is -1.04. The van der Waals surface area contributed by atoms with Crippen molar-refractivity contribution in [3.8, 4) is 0 Å². The first kappa shape index (κ1) is 17.3. The Morgan fingerprint density at radius 1 is 1.32 bits per heavy atom. The maximum atomic E-state index is 12.6. The van der Waals surface area contributed by atoms with Crippen LogP contribution >= 0.6 is 11.8 Å². The van der Waals surface area contributed by atoms with Crippen molar-refractivity contribution in [1.29, 1.82) is 0 Å². The van der Waals surface area contributed by atoms with Crippen LogP contribution in [-0.4, -0.2) is 45.3 Å². The molecule has 0 radical (unpaired) electrons. The van der Waals surface area contributed by atoms with Crippen LogP contribution in [-0.2, 0) is 9.59 Å². The number of amidine groups is 1. The second-order valence-electron chi connectivity index (χ2n) is 6.67. The van der Waals surface area contributed by atoms with E-state index in [1.165, 1.54) is 24.6 Å². The van der Waals surface area contributed by atoms with E-state index in [0.29, 0.717) is 6.04 Å². The van der Waals surface area contributed by atoms with E-state index in [0.717, 1.165) is 18.0 Å². The maximum absolute atomic E-state index is 12.6. The summed E-state index contributed by atoms with van der Waals surface area (Å²) < 4.78 is 0. The van der Waals surface area contributed by atoms with Crippen LogP contribution in [0.5, 0.6) is 0 Å². The van der Waals surface area contributed by atoms with Crippen LogP contribution in [0.15, 0.2) is 4.99 Å². The van der Waals surface area contributed by atoms with Gasteiger partial charge in [-0.3, -0.25) is 19.5 Å². The second-order valence-corrected chi connectivity index (χ2v) is 7.84. The first-order valence-electron chi connectivity index (χ1n) is 8.25. The van der Waals surface area contributed by atoms with Crippen LogP contribution in [0.2, 0.25) is 0 Å². The number of rotatable bonds is 5. The summed E-state index contributed by atoms with van der Waals surface area (Å²) in [6.07, 6.45) is 4.76. The monoisotopic (exact) mass is 325 g/mol. The number of hydrogen-bond acceptors (Lipinski definition) is 4. The predicted octanol–water partition coefficient (Wildman–Crippen LogP) is 2.55. The molecule has 1 saturated heterocycles. The number of nitrogens with one attached hydrogen (secondary N) is 1. The SMILES string of the molecule is CC(C)N=C1SC(CC(=O)NC2CCCC2)C(=O)N1C(C)C. The highest BCUT2D eigenvalue weighted by atomic mass is 32.2. The average Bonchev–Trinajstić information content (AvgIpc) is 2.98. The number of carbonyl (C=O) groups is 2. The number of amides is 2. The summed E-state index contributed by atoms with van der Waals surface area (Å²) in [6, 6.07) is 0.516. The van der Waals surface area contributed by atoms with Crippen molar-refractivity contribution in [3.05, 3.63) is 0 Å². The fraction of sp³-hybridized carbons (Fsp3) is 0.812. The lowest BCUT2D eigenvalue weighted by Gasteiger charge is -2.21. The van der Waals surface area contributed by atoms with Crippen LogP contribution in [0.1, 0.15) is 59.8 Å². The maximum Gasteiger partial charge on any atom is 0.242 e. The number of aliphatic imine (C=N–C) groups is 1. The van der Waals surface area contributed by atoms with Gasteiger partial charge in [-0.1, -0.05) is 24.6 Å². The number of nitrogens with zero attached hydrogens (tertiary/aromatic N) is 2. The lowest BCUT2D eigenvalue weighted by atomic mass is 10.2. The minimum atomic E-state index is -0.332. The van der Waals surface area contributed by atoms with E-state index in [1.807, 2.05) is 27.7 Å². The molecule has 2 fully saturated rings. The van der Waals surface area contributed by atoms with Crippen LogP contribution in [0.4, 0.5) is 0 Å². The molecular formula is C16H27N3O2S. The minimum absolute atomic E-state index is 0.00717. The van der Waals surface area contributed by atoms with E-state index < -0.39 is 0 Å². The van der Waals surface area contributed by atoms with Gasteiger partial charge in [0.25, 0.3) is 0 Å². The number of hydrogen-bond donors (Lipinski definition) is 1. The topological polar surface area (TPSA) is 61.8 Å². The second kappa shape index (κ2) is 7.49. The summed E-state index contributed by atoms with van der Waals surface area (Å²) in [7, 11) is 0. The Morgan fingerprint density at radius 3 is 2.50 bits per heavy atom. The van der Waals surface area contributed by atoms with Gasteiger partial charge in [-0.05, 0) is 40.5 Å². The van der Waals surface area contributed by atoms with Crippen LogP contribution in [0.3, 0.4) is 0 Å². The molecule has 2 amide bonds. The molecule has 0 bridgehead atoms. The third kappa shape index (κ3) is 4.24. The van der Waals surface area contributed by atoms with Gasteiger partial charge in [0.2, 0.25) is 11.8 Å². The normalized spacial score (nSPS) is 25.0. The van der Waals surface area contributed by atoms with E-state index in [-0.39, 0.29) is 35.6 Å². The summed E-state index contributed by atoms with van der Waals surface area (Å²) >= 11 is 1.44. The molecule has 1 heterocycles. The van der Waals surface area contributed by atoms with E-state index >= 15 is 0 Å². The van der Waals surface area contributed by atoms with Crippen molar-refractivity contribution in [3.63, 3.8) is 0 Å². The van der Waals surface area contributed by atoms with Crippen molar-refractivity contribution in [2.75, 3.05) is 0 Å². The highest BCUT2D eigenvalue weighted by Gasteiger charge is 2.40. The number of thioether (sulfide) groups is 1. The Balaban J connectivity index is 1.99. The van der Waals surface area contributed by atoms with Gasteiger partial charge in [-0.25, -0.2) is 0 Å². The summed E-state index contributed by atoms with van der Waals surface area (Å²) in [6.45, 7) is 7.96.